The van der Waals surface area contributed by atoms with Crippen LogP contribution in [0.5, 0.6) is 0 Å². The second kappa shape index (κ2) is 62.4. The van der Waals surface area contributed by atoms with Crippen molar-refractivity contribution >= 4 is 227 Å². The zero-order chi connectivity index (χ0) is 58.2. The van der Waals surface area contributed by atoms with E-state index in [4.69, 9.17) is 0 Å². The van der Waals surface area contributed by atoms with Gasteiger partial charge in [-0.25, -0.2) is 0 Å². The predicted octanol–water partition coefficient (Wildman–Crippen LogP) is 22.3. The Kier molecular flexibility index (Phi) is 75.0. The lowest BCUT2D eigenvalue weighted by Gasteiger charge is -2.55. The molecule has 2 rings (SSSR count). The van der Waals surface area contributed by atoms with Crippen LogP contribution < -0.4 is 0 Å². The van der Waals surface area contributed by atoms with Crippen LogP contribution in [0.15, 0.2) is 9.97 Å². The molecule has 1 saturated carbocycles. The zero-order valence-electron chi connectivity index (χ0n) is 49.9. The van der Waals surface area contributed by atoms with Crippen LogP contribution >= 0.6 is 227 Å². The molecule has 0 aromatic carbocycles. The first-order valence-corrected chi connectivity index (χ1v) is 42.9. The molecule has 18 atom stereocenters. The number of thioether (sulfide) groups is 8. The molecular formula is C56H118Br2S16. The van der Waals surface area contributed by atoms with Crippen molar-refractivity contribution in [1.82, 2.24) is 0 Å². The molecule has 18 heteroatoms. The van der Waals surface area contributed by atoms with E-state index < -0.39 is 0 Å². The second-order valence-electron chi connectivity index (χ2n) is 18.8. The summed E-state index contributed by atoms with van der Waals surface area (Å²) in [5.74, 6) is 20.7. The molecule has 0 nitrogen and oxygen atoms in total. The van der Waals surface area contributed by atoms with Crippen molar-refractivity contribution in [1.29, 1.82) is 0 Å². The molecule has 1 aliphatic heterocycles. The summed E-state index contributed by atoms with van der Waals surface area (Å²) in [5, 5.41) is 6.77. The Hall–Kier alpha value is 6.30. The van der Waals surface area contributed by atoms with E-state index in [9.17, 15) is 0 Å². The van der Waals surface area contributed by atoms with Crippen LogP contribution in [0.1, 0.15) is 163 Å². The van der Waals surface area contributed by atoms with Crippen LogP contribution in [0.2, 0.25) is 0 Å². The van der Waals surface area contributed by atoms with Crippen LogP contribution in [-0.2, 0) is 0 Å². The highest BCUT2D eigenvalue weighted by molar-refractivity contribution is 9.13. The van der Waals surface area contributed by atoms with Crippen molar-refractivity contribution in [3.63, 3.8) is 0 Å². The summed E-state index contributed by atoms with van der Waals surface area (Å²) in [6.45, 7) is 41.2. The topological polar surface area (TPSA) is 0 Å². The normalized spacial score (nSPS) is 26.1. The molecule has 0 aromatic heterocycles. The minimum absolute atomic E-state index is 0.307. The van der Waals surface area contributed by atoms with Crippen LogP contribution in [-0.4, -0.2) is 132 Å². The molecule has 0 bridgehead atoms. The molecule has 0 spiro atoms. The lowest BCUT2D eigenvalue weighted by atomic mass is 9.50. The van der Waals surface area contributed by atoms with Crippen molar-refractivity contribution in [2.24, 2.45) is 35.5 Å². The first kappa shape index (κ1) is 89.1. The van der Waals surface area contributed by atoms with Crippen molar-refractivity contribution in [3.05, 3.63) is 9.97 Å². The summed E-state index contributed by atoms with van der Waals surface area (Å²) in [7, 11) is 0. The summed E-state index contributed by atoms with van der Waals surface area (Å²) in [6.07, 6.45) is 7.46. The molecule has 0 amide bonds. The molecule has 2 aliphatic rings. The third-order valence-corrected chi connectivity index (χ3v) is 31.3. The van der Waals surface area contributed by atoms with Gasteiger partial charge in [0.2, 0.25) is 0 Å². The maximum Gasteiger partial charge on any atom is 0.0282 e. The van der Waals surface area contributed by atoms with Crippen molar-refractivity contribution < 1.29 is 0 Å². The first-order chi connectivity index (χ1) is 35.0. The molecular weight excluding hydrogens is 1350 g/mol. The maximum absolute atomic E-state index is 4.35. The summed E-state index contributed by atoms with van der Waals surface area (Å²) in [6, 6.07) is 0. The number of hydrogen-bond donors (Lipinski definition) is 8. The minimum Gasteiger partial charge on any atom is -0.180 e. The maximum atomic E-state index is 4.35. The number of rotatable bonds is 24. The molecule has 0 unspecified atom stereocenters. The molecule has 1 heterocycles. The van der Waals surface area contributed by atoms with Gasteiger partial charge in [0.05, 0.1) is 0 Å². The van der Waals surface area contributed by atoms with Crippen LogP contribution in [0.3, 0.4) is 0 Å². The van der Waals surface area contributed by atoms with Gasteiger partial charge in [0.15, 0.2) is 0 Å². The fourth-order valence-electron chi connectivity index (χ4n) is 8.53. The molecule has 1 aliphatic carbocycles. The quantitative estimate of drug-likeness (QED) is 0.0351. The van der Waals surface area contributed by atoms with Gasteiger partial charge in [-0.1, -0.05) is 169 Å². The van der Waals surface area contributed by atoms with E-state index in [0.29, 0.717) is 31.5 Å². The molecule has 74 heavy (non-hydrogen) atoms. The number of hydrogen-bond acceptors (Lipinski definition) is 16. The van der Waals surface area contributed by atoms with Crippen LogP contribution in [0.4, 0.5) is 0 Å². The van der Waals surface area contributed by atoms with Crippen molar-refractivity contribution in [3.8, 4) is 0 Å². The molecule has 0 aromatic rings. The Morgan fingerprint density at radius 1 is 0.459 bits per heavy atom. The Labute approximate surface area is 560 Å². The Bertz CT molecular complexity index is 1060. The smallest absolute Gasteiger partial charge is 0.0282 e. The summed E-state index contributed by atoms with van der Waals surface area (Å²) < 4.78 is 0. The van der Waals surface area contributed by atoms with Gasteiger partial charge in [0, 0.05) is 109 Å². The van der Waals surface area contributed by atoms with Gasteiger partial charge >= 0.3 is 0 Å². The van der Waals surface area contributed by atoms with E-state index in [2.05, 4.69) is 324 Å². The number of halogens is 2. The lowest BCUT2D eigenvalue weighted by molar-refractivity contribution is -0.0677. The Balaban J connectivity index is -0.000000308. The molecule has 2 fully saturated rings. The van der Waals surface area contributed by atoms with E-state index in [1.54, 1.807) is 9.97 Å². The third-order valence-electron chi connectivity index (χ3n) is 13.3. The first-order valence-electron chi connectivity index (χ1n) is 28.1. The van der Waals surface area contributed by atoms with E-state index in [1.807, 2.05) is 27.7 Å². The van der Waals surface area contributed by atoms with Gasteiger partial charge in [-0.15, -0.1) is 0 Å². The standard InChI is InChI=1S/C24H48S8.C14H28.2C6H14S3.C2H2Br2.2C2H6S/c1-7-21(29-13-11-25-9-3)23-19(5)27-15-16-28-20(6)24(32-18-17-31-23)22(8-2)30-14-12-26-10-4;1-7-9(3)13-11(5)12(6)14(13)10(4)8-2;2*1-3-5(8)6(9)4(2)7;3-1-2-4;2*1-2-3/h19-24H,7-18H2,1-6H3;9-14H,7-8H2,1-6H3;2*4-9H,3H2,1-2H3;1-2H;2*3H,2H2,1H3/b;;;;2-1-;;/t19-,20-,21+,22+,23-,24-;9-,10-,11-,12+,13-,14+;2*4-,5+,6-;;;/m0100.../s1. The third kappa shape index (κ3) is 45.6. The van der Waals surface area contributed by atoms with Gasteiger partial charge in [-0.2, -0.15) is 195 Å². The molecule has 0 radical (unpaired) electrons. The zero-order valence-corrected chi connectivity index (χ0v) is 66.7. The average Bonchev–Trinajstić information content (AvgIpc) is 3.39. The van der Waals surface area contributed by atoms with Gasteiger partial charge in [-0.3, -0.25) is 0 Å². The number of thiol groups is 8. The molecule has 452 valence electrons. The highest BCUT2D eigenvalue weighted by Gasteiger charge is 2.48. The van der Waals surface area contributed by atoms with Gasteiger partial charge in [-0.05, 0) is 94.2 Å². The highest BCUT2D eigenvalue weighted by Crippen LogP contribution is 2.54. The highest BCUT2D eigenvalue weighted by atomic mass is 79.9. The molecule has 1 saturated heterocycles. The SMILES string of the molecule is Br/C=C\Br.CCS.CCS.CCSCCS[C@H](CC)[C@H]1SCCS[C@H]([C@@H](CC)SCCSCC)[C@H](C)SCCS[C@H]1C.CC[C@@H](C)[C@@H]1[C@H](C)[C@H](C)[C@@H]1[C@H](C)CC.CC[C@@H](S)[C@@H](S)[C@H](C)S.CC[C@@H](S)[C@@H](S)[C@H](C)S. The van der Waals surface area contributed by atoms with Crippen molar-refractivity contribution in [2.45, 2.75) is 226 Å². The summed E-state index contributed by atoms with van der Waals surface area (Å²) >= 11 is 57.3. The van der Waals surface area contributed by atoms with Gasteiger partial charge in [0.25, 0.3) is 0 Å². The monoisotopic (exact) mass is 1460 g/mol. The molecule has 0 N–H and O–H groups in total. The van der Waals surface area contributed by atoms with E-state index in [0.717, 1.165) is 91.4 Å². The summed E-state index contributed by atoms with van der Waals surface area (Å²) in [4.78, 5) is 3.46. The summed E-state index contributed by atoms with van der Waals surface area (Å²) in [5.41, 5.74) is 0. The van der Waals surface area contributed by atoms with Crippen LogP contribution in [0.25, 0.3) is 0 Å². The van der Waals surface area contributed by atoms with Gasteiger partial charge < -0.3 is 0 Å². The lowest BCUT2D eigenvalue weighted by Crippen LogP contribution is -2.49. The van der Waals surface area contributed by atoms with Crippen molar-refractivity contribution in [2.75, 3.05) is 69.0 Å². The Morgan fingerprint density at radius 2 is 0.743 bits per heavy atom. The van der Waals surface area contributed by atoms with E-state index in [-0.39, 0.29) is 0 Å². The minimum atomic E-state index is 0.307. The second-order valence-corrected chi connectivity index (χ2v) is 36.3. The van der Waals surface area contributed by atoms with E-state index in [1.165, 1.54) is 83.2 Å². The largest absolute Gasteiger partial charge is 0.180 e. The fourth-order valence-corrected chi connectivity index (χ4v) is 21.4. The Morgan fingerprint density at radius 3 is 0.946 bits per heavy atom. The van der Waals surface area contributed by atoms with Gasteiger partial charge in [0.1, 0.15) is 0 Å². The fraction of sp³-hybridized carbons (Fsp3) is 0.964. The predicted molar refractivity (Wildman–Crippen MR) is 414 cm³/mol. The van der Waals surface area contributed by atoms with Crippen LogP contribution in [0, 0.1) is 35.5 Å². The average molecular weight is 1460 g/mol. The van der Waals surface area contributed by atoms with E-state index >= 15 is 0 Å².